The number of para-hydroxylation sites is 1. The molecule has 0 saturated heterocycles. The lowest BCUT2D eigenvalue weighted by atomic mass is 9.99. The highest BCUT2D eigenvalue weighted by Gasteiger charge is 2.32. The van der Waals surface area contributed by atoms with Crippen molar-refractivity contribution in [2.75, 3.05) is 19.6 Å². The van der Waals surface area contributed by atoms with E-state index in [1.54, 1.807) is 20.0 Å². The Balaban J connectivity index is 2.31. The monoisotopic (exact) mass is 587 g/mol. The molecule has 5 amide bonds. The number of hydrogen-bond donors (Lipinski definition) is 8. The van der Waals surface area contributed by atoms with Crippen LogP contribution in [0.4, 0.5) is 0 Å². The molecule has 0 bridgehead atoms. The Labute approximate surface area is 243 Å². The number of amides is 5. The van der Waals surface area contributed by atoms with E-state index >= 15 is 0 Å². The number of aromatic nitrogens is 1. The van der Waals surface area contributed by atoms with Gasteiger partial charge in [0.25, 0.3) is 0 Å². The van der Waals surface area contributed by atoms with Crippen LogP contribution in [0, 0.1) is 11.8 Å². The van der Waals surface area contributed by atoms with E-state index in [2.05, 4.69) is 31.6 Å². The van der Waals surface area contributed by atoms with E-state index in [0.717, 1.165) is 16.5 Å². The lowest BCUT2D eigenvalue weighted by molar-refractivity contribution is -0.138. The minimum Gasteiger partial charge on any atom is -0.480 e. The second-order valence-electron chi connectivity index (χ2n) is 10.7. The lowest BCUT2D eigenvalue weighted by Gasteiger charge is -2.27. The quantitative estimate of drug-likeness (QED) is 0.123. The molecule has 1 aromatic carbocycles. The molecule has 0 fully saturated rings. The van der Waals surface area contributed by atoms with E-state index < -0.39 is 60.2 Å². The predicted molar refractivity (Wildman–Crippen MR) is 155 cm³/mol. The number of carbonyl (C=O) groups is 6. The average Bonchev–Trinajstić information content (AvgIpc) is 3.34. The number of carboxylic acid groups (broad SMARTS) is 1. The summed E-state index contributed by atoms with van der Waals surface area (Å²) in [5.74, 6) is -4.74. The maximum absolute atomic E-state index is 13.6. The minimum absolute atomic E-state index is 0.0205. The van der Waals surface area contributed by atoms with E-state index in [4.69, 9.17) is 10.8 Å². The van der Waals surface area contributed by atoms with Crippen LogP contribution in [0.1, 0.15) is 39.7 Å². The van der Waals surface area contributed by atoms with Crippen molar-refractivity contribution in [1.82, 2.24) is 31.6 Å². The van der Waals surface area contributed by atoms with Crippen molar-refractivity contribution < 1.29 is 33.9 Å². The number of carbonyl (C=O) groups excluding carboxylic acids is 5. The highest BCUT2D eigenvalue weighted by Crippen LogP contribution is 2.19. The summed E-state index contributed by atoms with van der Waals surface area (Å²) in [6, 6.07) is 4.17. The van der Waals surface area contributed by atoms with Crippen LogP contribution in [-0.4, -0.2) is 83.4 Å². The molecular formula is C28H41N7O7. The first-order valence-corrected chi connectivity index (χ1v) is 13.7. The molecule has 0 saturated carbocycles. The molecule has 0 aliphatic heterocycles. The van der Waals surface area contributed by atoms with Gasteiger partial charge in [-0.1, -0.05) is 45.9 Å². The largest absolute Gasteiger partial charge is 0.480 e. The molecule has 1 heterocycles. The number of nitrogens with two attached hydrogens (primary N) is 1. The molecule has 14 nitrogen and oxygen atoms in total. The van der Waals surface area contributed by atoms with Gasteiger partial charge in [-0.3, -0.25) is 28.8 Å². The highest BCUT2D eigenvalue weighted by atomic mass is 16.4. The number of nitrogens with one attached hydrogen (secondary N) is 6. The van der Waals surface area contributed by atoms with Crippen LogP contribution < -0.4 is 32.3 Å². The molecule has 0 aliphatic rings. The van der Waals surface area contributed by atoms with Crippen molar-refractivity contribution in [1.29, 1.82) is 0 Å². The zero-order valence-electron chi connectivity index (χ0n) is 24.3. The number of aliphatic carboxylic acids is 1. The summed E-state index contributed by atoms with van der Waals surface area (Å²) in [5.41, 5.74) is 6.80. The van der Waals surface area contributed by atoms with E-state index in [-0.39, 0.29) is 37.8 Å². The van der Waals surface area contributed by atoms with E-state index in [0.29, 0.717) is 0 Å². The van der Waals surface area contributed by atoms with Crippen LogP contribution in [-0.2, 0) is 35.2 Å². The second-order valence-corrected chi connectivity index (χ2v) is 10.7. The van der Waals surface area contributed by atoms with Gasteiger partial charge in [0.1, 0.15) is 24.7 Å². The molecule has 1 aromatic heterocycles. The standard InChI is InChI=1S/C28H41N7O7/c1-15(2)9-20(26(40)32-14-24(38)39)33-27(41)21(10-17-12-30-19-8-6-5-7-18(17)19)34-28(42)25(16(3)4)35-23(37)13-31-22(36)11-29/h5-8,12,15-16,20-21,25,30H,9-11,13-14,29H2,1-4H3,(H,31,36)(H,32,40)(H,33,41)(H,34,42)(H,35,37)(H,38,39)/t20-,21-,25-/m0/s1. The molecule has 3 atom stereocenters. The van der Waals surface area contributed by atoms with Gasteiger partial charge in [-0.15, -0.1) is 0 Å². The maximum atomic E-state index is 13.6. The molecule has 0 radical (unpaired) electrons. The van der Waals surface area contributed by atoms with Gasteiger partial charge in [-0.2, -0.15) is 0 Å². The molecule has 42 heavy (non-hydrogen) atoms. The molecule has 9 N–H and O–H groups in total. The second kappa shape index (κ2) is 16.1. The molecular weight excluding hydrogens is 546 g/mol. The van der Waals surface area contributed by atoms with Crippen molar-refractivity contribution in [3.05, 3.63) is 36.0 Å². The van der Waals surface area contributed by atoms with Gasteiger partial charge in [0.15, 0.2) is 0 Å². The van der Waals surface area contributed by atoms with Gasteiger partial charge < -0.3 is 42.4 Å². The van der Waals surface area contributed by atoms with Gasteiger partial charge in [0.2, 0.25) is 29.5 Å². The minimum atomic E-state index is -1.23. The van der Waals surface area contributed by atoms with Gasteiger partial charge in [-0.05, 0) is 29.9 Å². The molecule has 2 aromatic rings. The van der Waals surface area contributed by atoms with Crippen LogP contribution in [0.15, 0.2) is 30.5 Å². The zero-order valence-corrected chi connectivity index (χ0v) is 24.3. The summed E-state index contributed by atoms with van der Waals surface area (Å²) < 4.78 is 0. The summed E-state index contributed by atoms with van der Waals surface area (Å²) in [7, 11) is 0. The molecule has 0 aliphatic carbocycles. The van der Waals surface area contributed by atoms with Crippen LogP contribution >= 0.6 is 0 Å². The molecule has 14 heteroatoms. The summed E-state index contributed by atoms with van der Waals surface area (Å²) >= 11 is 0. The SMILES string of the molecule is CC(C)C[C@H](NC(=O)[C@H](Cc1c[nH]c2ccccc12)NC(=O)[C@@H](NC(=O)CNC(=O)CN)C(C)C)C(=O)NCC(=O)O. The summed E-state index contributed by atoms with van der Waals surface area (Å²) in [4.78, 5) is 77.7. The van der Waals surface area contributed by atoms with Crippen molar-refractivity contribution in [3.8, 4) is 0 Å². The average molecular weight is 588 g/mol. The number of H-pyrrole nitrogens is 1. The van der Waals surface area contributed by atoms with Crippen molar-refractivity contribution in [3.63, 3.8) is 0 Å². The van der Waals surface area contributed by atoms with Gasteiger partial charge in [0.05, 0.1) is 13.1 Å². The Morgan fingerprint density at radius 3 is 2.12 bits per heavy atom. The number of hydrogen-bond acceptors (Lipinski definition) is 7. The number of fused-ring (bicyclic) bond motifs is 1. The Morgan fingerprint density at radius 1 is 0.833 bits per heavy atom. The zero-order chi connectivity index (χ0) is 31.4. The summed E-state index contributed by atoms with van der Waals surface area (Å²) in [5, 5.41) is 22.4. The van der Waals surface area contributed by atoms with Crippen LogP contribution in [0.2, 0.25) is 0 Å². The summed E-state index contributed by atoms with van der Waals surface area (Å²) in [6.45, 7) is 5.83. The normalized spacial score (nSPS) is 13.2. The van der Waals surface area contributed by atoms with Crippen molar-refractivity contribution in [2.45, 2.75) is 58.7 Å². The number of rotatable bonds is 16. The lowest BCUT2D eigenvalue weighted by Crippen LogP contribution is -2.59. The maximum Gasteiger partial charge on any atom is 0.322 e. The Morgan fingerprint density at radius 2 is 1.50 bits per heavy atom. The third-order valence-electron chi connectivity index (χ3n) is 6.38. The summed E-state index contributed by atoms with van der Waals surface area (Å²) in [6.07, 6.45) is 2.01. The number of benzene rings is 1. The highest BCUT2D eigenvalue weighted by molar-refractivity contribution is 5.96. The number of aromatic amines is 1. The van der Waals surface area contributed by atoms with Crippen LogP contribution in [0.3, 0.4) is 0 Å². The topological polar surface area (TPSA) is 225 Å². The first kappa shape index (κ1) is 33.7. The van der Waals surface area contributed by atoms with E-state index in [1.165, 1.54) is 0 Å². The Hall–Kier alpha value is -4.46. The van der Waals surface area contributed by atoms with Gasteiger partial charge in [0, 0.05) is 23.5 Å². The van der Waals surface area contributed by atoms with Gasteiger partial charge in [-0.25, -0.2) is 0 Å². The molecule has 230 valence electrons. The van der Waals surface area contributed by atoms with Crippen LogP contribution in [0.25, 0.3) is 10.9 Å². The first-order chi connectivity index (χ1) is 19.8. The Kier molecular flexibility index (Phi) is 12.9. The van der Waals surface area contributed by atoms with Crippen molar-refractivity contribution >= 4 is 46.4 Å². The molecule has 2 rings (SSSR count). The third kappa shape index (κ3) is 10.5. The Bertz CT molecular complexity index is 1270. The van der Waals surface area contributed by atoms with Gasteiger partial charge >= 0.3 is 5.97 Å². The first-order valence-electron chi connectivity index (χ1n) is 13.7. The van der Waals surface area contributed by atoms with E-state index in [9.17, 15) is 28.8 Å². The fourth-order valence-corrected chi connectivity index (χ4v) is 4.26. The molecule has 0 spiro atoms. The van der Waals surface area contributed by atoms with E-state index in [1.807, 2.05) is 38.1 Å². The molecule has 0 unspecified atom stereocenters. The number of carboxylic acids is 1. The fraction of sp³-hybridized carbons (Fsp3) is 0.500. The predicted octanol–water partition coefficient (Wildman–Crippen LogP) is -0.857. The van der Waals surface area contributed by atoms with Crippen LogP contribution in [0.5, 0.6) is 0 Å². The fourth-order valence-electron chi connectivity index (χ4n) is 4.26. The third-order valence-corrected chi connectivity index (χ3v) is 6.38. The van der Waals surface area contributed by atoms with Crippen molar-refractivity contribution in [2.24, 2.45) is 17.6 Å². The smallest absolute Gasteiger partial charge is 0.322 e.